The average molecular weight is 354 g/mol. The number of aromatic nitrogens is 2. The zero-order valence-corrected chi connectivity index (χ0v) is 14.7. The van der Waals surface area contributed by atoms with Gasteiger partial charge in [0.2, 0.25) is 5.91 Å². The number of amides is 1. The number of hydrogen-bond acceptors (Lipinski definition) is 2. The average Bonchev–Trinajstić information content (AvgIpc) is 3.02. The van der Waals surface area contributed by atoms with E-state index in [9.17, 15) is 4.79 Å². The Morgan fingerprint density at radius 3 is 2.70 bits per heavy atom. The van der Waals surface area contributed by atoms with Crippen LogP contribution in [0.25, 0.3) is 11.3 Å². The molecule has 0 spiro atoms. The summed E-state index contributed by atoms with van der Waals surface area (Å²) in [7, 11) is 1.67. The largest absolute Gasteiger partial charge is 0.359 e. The molecule has 6 heteroatoms. The van der Waals surface area contributed by atoms with Gasteiger partial charge in [-0.3, -0.25) is 4.79 Å². The molecule has 2 N–H and O–H groups in total. The minimum atomic E-state index is 0.113. The zero-order chi connectivity index (χ0) is 16.7. The van der Waals surface area contributed by atoms with E-state index in [0.29, 0.717) is 16.5 Å². The molecular weight excluding hydrogens is 333 g/mol. The summed E-state index contributed by atoms with van der Waals surface area (Å²) in [6.45, 7) is 0. The molecule has 1 aromatic carbocycles. The van der Waals surface area contributed by atoms with Gasteiger partial charge in [0.25, 0.3) is 0 Å². The van der Waals surface area contributed by atoms with Gasteiger partial charge in [-0.05, 0) is 25.0 Å². The molecule has 1 amide bonds. The van der Waals surface area contributed by atoms with E-state index < -0.39 is 0 Å². The minimum Gasteiger partial charge on any atom is -0.359 e. The highest BCUT2D eigenvalue weighted by atomic mass is 35.5. The molecule has 0 aliphatic carbocycles. The van der Waals surface area contributed by atoms with E-state index in [1.807, 2.05) is 18.3 Å². The molecule has 0 atom stereocenters. The van der Waals surface area contributed by atoms with E-state index in [1.165, 1.54) is 0 Å². The summed E-state index contributed by atoms with van der Waals surface area (Å²) in [5.74, 6) is 1.08. The van der Waals surface area contributed by atoms with Crippen LogP contribution in [0.15, 0.2) is 24.4 Å². The van der Waals surface area contributed by atoms with E-state index in [-0.39, 0.29) is 5.91 Å². The molecule has 0 radical (unpaired) electrons. The lowest BCUT2D eigenvalue weighted by molar-refractivity contribution is -0.120. The number of carbonyl (C=O) groups excluding carboxylic acids is 1. The lowest BCUT2D eigenvalue weighted by Gasteiger charge is -2.01. The molecule has 1 aromatic heterocycles. The molecule has 23 heavy (non-hydrogen) atoms. The van der Waals surface area contributed by atoms with Crippen molar-refractivity contribution < 1.29 is 4.79 Å². The van der Waals surface area contributed by atoms with E-state index in [0.717, 1.165) is 49.2 Å². The van der Waals surface area contributed by atoms with Gasteiger partial charge in [-0.15, -0.1) is 0 Å². The van der Waals surface area contributed by atoms with E-state index in [1.54, 1.807) is 13.1 Å². The third kappa shape index (κ3) is 5.56. The van der Waals surface area contributed by atoms with Gasteiger partial charge in [-0.2, -0.15) is 0 Å². The third-order valence-corrected chi connectivity index (χ3v) is 4.44. The summed E-state index contributed by atoms with van der Waals surface area (Å²) in [5, 5.41) is 3.72. The van der Waals surface area contributed by atoms with Crippen LogP contribution in [0, 0.1) is 0 Å². The van der Waals surface area contributed by atoms with Crippen molar-refractivity contribution in [3.05, 3.63) is 40.3 Å². The van der Waals surface area contributed by atoms with Crippen molar-refractivity contribution in [2.24, 2.45) is 0 Å². The number of benzene rings is 1. The van der Waals surface area contributed by atoms with Crippen molar-refractivity contribution in [3.63, 3.8) is 0 Å². The van der Waals surface area contributed by atoms with Crippen LogP contribution in [0.3, 0.4) is 0 Å². The second kappa shape index (κ2) is 8.94. The number of nitrogens with zero attached hydrogens (tertiary/aromatic N) is 1. The Hall–Kier alpha value is -1.52. The molecule has 0 saturated heterocycles. The predicted octanol–water partition coefficient (Wildman–Crippen LogP) is 4.62. The smallest absolute Gasteiger partial charge is 0.219 e. The summed E-state index contributed by atoms with van der Waals surface area (Å²) in [5.41, 5.74) is 1.92. The molecule has 0 aliphatic rings. The van der Waals surface area contributed by atoms with Crippen molar-refractivity contribution in [2.45, 2.75) is 38.5 Å². The Kier molecular flexibility index (Phi) is 6.93. The lowest BCUT2D eigenvalue weighted by Crippen LogP contribution is -2.16. The summed E-state index contributed by atoms with van der Waals surface area (Å²) in [6.07, 6.45) is 7.49. The van der Waals surface area contributed by atoms with Gasteiger partial charge in [-0.25, -0.2) is 4.98 Å². The first-order valence-corrected chi connectivity index (χ1v) is 8.55. The Bertz CT molecular complexity index is 655. The SMILES string of the molecule is CNC(=O)CCCCCCc1ncc(-c2ccc(Cl)c(Cl)c2)[nH]1. The fourth-order valence-electron chi connectivity index (χ4n) is 2.36. The lowest BCUT2D eigenvalue weighted by atomic mass is 10.1. The topological polar surface area (TPSA) is 57.8 Å². The molecule has 124 valence electrons. The first-order valence-electron chi connectivity index (χ1n) is 7.80. The van der Waals surface area contributed by atoms with Crippen LogP contribution in [0.1, 0.15) is 37.9 Å². The fourth-order valence-corrected chi connectivity index (χ4v) is 2.65. The summed E-state index contributed by atoms with van der Waals surface area (Å²) in [4.78, 5) is 18.8. The number of halogens is 2. The zero-order valence-electron chi connectivity index (χ0n) is 13.2. The number of hydrogen-bond donors (Lipinski definition) is 2. The van der Waals surface area contributed by atoms with Crippen LogP contribution in [-0.4, -0.2) is 22.9 Å². The first-order chi connectivity index (χ1) is 11.1. The highest BCUT2D eigenvalue weighted by Crippen LogP contribution is 2.27. The Morgan fingerprint density at radius 1 is 1.17 bits per heavy atom. The van der Waals surface area contributed by atoms with E-state index in [2.05, 4.69) is 15.3 Å². The van der Waals surface area contributed by atoms with Crippen molar-refractivity contribution in [1.82, 2.24) is 15.3 Å². The molecule has 2 aromatic rings. The number of imidazole rings is 1. The van der Waals surface area contributed by atoms with E-state index >= 15 is 0 Å². The molecule has 1 heterocycles. The van der Waals surface area contributed by atoms with Gasteiger partial charge in [-0.1, -0.05) is 42.1 Å². The second-order valence-electron chi connectivity index (χ2n) is 5.46. The van der Waals surface area contributed by atoms with Crippen molar-refractivity contribution in [1.29, 1.82) is 0 Å². The number of aryl methyl sites for hydroxylation is 1. The molecule has 2 rings (SSSR count). The van der Waals surface area contributed by atoms with Crippen LogP contribution >= 0.6 is 23.2 Å². The van der Waals surface area contributed by atoms with Gasteiger partial charge in [0.05, 0.1) is 21.9 Å². The van der Waals surface area contributed by atoms with Gasteiger partial charge >= 0.3 is 0 Å². The first kappa shape index (κ1) is 17.8. The Morgan fingerprint density at radius 2 is 1.96 bits per heavy atom. The maximum absolute atomic E-state index is 11.1. The summed E-state index contributed by atoms with van der Waals surface area (Å²) in [6, 6.07) is 5.54. The van der Waals surface area contributed by atoms with Crippen LogP contribution < -0.4 is 5.32 Å². The molecule has 4 nitrogen and oxygen atoms in total. The minimum absolute atomic E-state index is 0.113. The van der Waals surface area contributed by atoms with Gasteiger partial charge in [0.15, 0.2) is 0 Å². The summed E-state index contributed by atoms with van der Waals surface area (Å²) < 4.78 is 0. The van der Waals surface area contributed by atoms with Crippen LogP contribution in [-0.2, 0) is 11.2 Å². The van der Waals surface area contributed by atoms with Crippen molar-refractivity contribution in [2.75, 3.05) is 7.05 Å². The molecule has 0 aliphatic heterocycles. The number of H-pyrrole nitrogens is 1. The molecule has 0 saturated carbocycles. The molecule has 0 unspecified atom stereocenters. The van der Waals surface area contributed by atoms with Crippen LogP contribution in [0.2, 0.25) is 10.0 Å². The number of rotatable bonds is 8. The van der Waals surface area contributed by atoms with Crippen molar-refractivity contribution >= 4 is 29.1 Å². The third-order valence-electron chi connectivity index (χ3n) is 3.71. The molecular formula is C17H21Cl2N3O. The quantitative estimate of drug-likeness (QED) is 0.680. The normalized spacial score (nSPS) is 10.7. The fraction of sp³-hybridized carbons (Fsp3) is 0.412. The van der Waals surface area contributed by atoms with Crippen molar-refractivity contribution in [3.8, 4) is 11.3 Å². The number of carbonyl (C=O) groups is 1. The van der Waals surface area contributed by atoms with Crippen LogP contribution in [0.4, 0.5) is 0 Å². The van der Waals surface area contributed by atoms with E-state index in [4.69, 9.17) is 23.2 Å². The van der Waals surface area contributed by atoms with Crippen LogP contribution in [0.5, 0.6) is 0 Å². The highest BCUT2D eigenvalue weighted by molar-refractivity contribution is 6.42. The Balaban J connectivity index is 1.76. The predicted molar refractivity (Wildman–Crippen MR) is 94.9 cm³/mol. The molecule has 0 fully saturated rings. The number of unbranched alkanes of at least 4 members (excludes halogenated alkanes) is 3. The Labute approximate surface area is 146 Å². The number of aromatic amines is 1. The maximum Gasteiger partial charge on any atom is 0.219 e. The summed E-state index contributed by atoms with van der Waals surface area (Å²) >= 11 is 12.0. The monoisotopic (exact) mass is 353 g/mol. The molecule has 0 bridgehead atoms. The number of nitrogens with one attached hydrogen (secondary N) is 2. The standard InChI is InChI=1S/C17H21Cl2N3O/c1-20-17(23)7-5-3-2-4-6-16-21-11-15(22-16)12-8-9-13(18)14(19)10-12/h8-11H,2-7H2,1H3,(H,20,23)(H,21,22). The highest BCUT2D eigenvalue weighted by Gasteiger charge is 2.06. The van der Waals surface area contributed by atoms with Gasteiger partial charge < -0.3 is 10.3 Å². The van der Waals surface area contributed by atoms with Gasteiger partial charge in [0, 0.05) is 25.5 Å². The second-order valence-corrected chi connectivity index (χ2v) is 6.27. The van der Waals surface area contributed by atoms with Gasteiger partial charge in [0.1, 0.15) is 5.82 Å². The maximum atomic E-state index is 11.1.